The van der Waals surface area contributed by atoms with E-state index in [1.807, 2.05) is 32.9 Å². The smallest absolute Gasteiger partial charge is 0.348 e. The van der Waals surface area contributed by atoms with E-state index in [0.717, 1.165) is 32.1 Å². The molecular formula is C27H43NO7S. The first-order chi connectivity index (χ1) is 17.0. The molecule has 0 aromatic carbocycles. The summed E-state index contributed by atoms with van der Waals surface area (Å²) in [6, 6.07) is 2.74. The summed E-state index contributed by atoms with van der Waals surface area (Å²) in [6.07, 6.45) is 11.7. The topological polar surface area (TPSA) is 130 Å². The van der Waals surface area contributed by atoms with Crippen molar-refractivity contribution in [1.29, 1.82) is 0 Å². The Morgan fingerprint density at radius 2 is 1.42 bits per heavy atom. The van der Waals surface area contributed by atoms with E-state index in [1.54, 1.807) is 0 Å². The zero-order chi connectivity index (χ0) is 27.0. The molecule has 1 amide bonds. The van der Waals surface area contributed by atoms with Crippen molar-refractivity contribution >= 4 is 35.2 Å². The molecule has 1 heterocycles. The number of rotatable bonds is 19. The first-order valence-electron chi connectivity index (χ1n) is 13.0. The number of carboxylic acid groups (broad SMARTS) is 2. The van der Waals surface area contributed by atoms with Crippen LogP contribution in [0.25, 0.3) is 0 Å². The average Bonchev–Trinajstić information content (AvgIpc) is 3.25. The molecule has 1 aromatic rings. The van der Waals surface area contributed by atoms with Crippen molar-refractivity contribution in [2.24, 2.45) is 0 Å². The van der Waals surface area contributed by atoms with Crippen LogP contribution in [0.15, 0.2) is 12.1 Å². The highest BCUT2D eigenvalue weighted by Gasteiger charge is 2.21. The van der Waals surface area contributed by atoms with Gasteiger partial charge in [-0.1, -0.05) is 51.4 Å². The Kier molecular flexibility index (Phi) is 15.0. The number of hydrogen-bond acceptors (Lipinski definition) is 6. The quantitative estimate of drug-likeness (QED) is 0.150. The first kappa shape index (κ1) is 31.6. The molecule has 0 saturated carbocycles. The van der Waals surface area contributed by atoms with Crippen molar-refractivity contribution in [3.8, 4) is 0 Å². The number of carboxylic acids is 2. The van der Waals surface area contributed by atoms with Crippen molar-refractivity contribution in [2.75, 3.05) is 0 Å². The van der Waals surface area contributed by atoms with Gasteiger partial charge in [0.2, 0.25) is 5.91 Å². The highest BCUT2D eigenvalue weighted by atomic mass is 32.1. The van der Waals surface area contributed by atoms with Gasteiger partial charge in [-0.15, -0.1) is 11.3 Å². The Morgan fingerprint density at radius 3 is 1.94 bits per heavy atom. The molecule has 8 nitrogen and oxygen atoms in total. The summed E-state index contributed by atoms with van der Waals surface area (Å²) in [5.74, 6) is -2.87. The molecule has 3 N–H and O–H groups in total. The van der Waals surface area contributed by atoms with E-state index in [9.17, 15) is 19.2 Å². The van der Waals surface area contributed by atoms with Gasteiger partial charge < -0.3 is 20.3 Å². The second-order valence-electron chi connectivity index (χ2n) is 10.2. The molecule has 0 saturated heterocycles. The molecule has 36 heavy (non-hydrogen) atoms. The number of esters is 1. The van der Waals surface area contributed by atoms with Crippen LogP contribution in [0.1, 0.15) is 119 Å². The highest BCUT2D eigenvalue weighted by molar-refractivity contribution is 7.13. The molecule has 9 heteroatoms. The maximum absolute atomic E-state index is 12.1. The predicted octanol–water partition coefficient (Wildman–Crippen LogP) is 5.97. The minimum atomic E-state index is -1.21. The van der Waals surface area contributed by atoms with Gasteiger partial charge in [-0.3, -0.25) is 9.59 Å². The Balaban J connectivity index is 2.00. The van der Waals surface area contributed by atoms with Gasteiger partial charge in [0, 0.05) is 17.7 Å². The van der Waals surface area contributed by atoms with Crippen LogP contribution in [0.3, 0.4) is 0 Å². The van der Waals surface area contributed by atoms with Gasteiger partial charge in [0.25, 0.3) is 0 Å². The predicted molar refractivity (Wildman–Crippen MR) is 140 cm³/mol. The zero-order valence-electron chi connectivity index (χ0n) is 22.0. The highest BCUT2D eigenvalue weighted by Crippen LogP contribution is 2.22. The monoisotopic (exact) mass is 525 g/mol. The second kappa shape index (κ2) is 17.1. The van der Waals surface area contributed by atoms with E-state index in [0.29, 0.717) is 11.3 Å². The summed E-state index contributed by atoms with van der Waals surface area (Å²) in [5.41, 5.74) is -0.475. The molecule has 1 aromatic heterocycles. The molecule has 1 rings (SSSR count). The number of amides is 1. The molecule has 0 bridgehead atoms. The SMILES string of the molecule is CC(C)(C)OC(=O)c1ccc(CCCCCCCCCCCCC(=O)N[C@@H](CCC(=O)O)C(=O)O)s1. The number of unbranched alkanes of at least 4 members (excludes halogenated alkanes) is 9. The van der Waals surface area contributed by atoms with E-state index >= 15 is 0 Å². The number of thiophene rings is 1. The molecule has 0 unspecified atom stereocenters. The third-order valence-electron chi connectivity index (χ3n) is 5.62. The summed E-state index contributed by atoms with van der Waals surface area (Å²) in [4.78, 5) is 47.6. The van der Waals surface area contributed by atoms with Gasteiger partial charge in [0.15, 0.2) is 0 Å². The van der Waals surface area contributed by atoms with Gasteiger partial charge in [0.1, 0.15) is 16.5 Å². The molecule has 0 radical (unpaired) electrons. The molecule has 1 atom stereocenters. The number of carbonyl (C=O) groups excluding carboxylic acids is 2. The van der Waals surface area contributed by atoms with Gasteiger partial charge in [0.05, 0.1) is 0 Å². The number of nitrogens with one attached hydrogen (secondary N) is 1. The van der Waals surface area contributed by atoms with Crippen molar-refractivity contribution in [3.63, 3.8) is 0 Å². The number of hydrogen-bond donors (Lipinski definition) is 3. The maximum atomic E-state index is 12.1. The van der Waals surface area contributed by atoms with E-state index < -0.39 is 23.6 Å². The minimum Gasteiger partial charge on any atom is -0.481 e. The first-order valence-corrected chi connectivity index (χ1v) is 13.9. The normalized spacial score (nSPS) is 12.2. The summed E-state index contributed by atoms with van der Waals surface area (Å²) in [5, 5.41) is 20.1. The van der Waals surface area contributed by atoms with Gasteiger partial charge in [-0.2, -0.15) is 0 Å². The van der Waals surface area contributed by atoms with Crippen LogP contribution >= 0.6 is 11.3 Å². The van der Waals surface area contributed by atoms with Gasteiger partial charge in [-0.05, 0) is 58.6 Å². The molecule has 0 fully saturated rings. The van der Waals surface area contributed by atoms with E-state index in [4.69, 9.17) is 14.9 Å². The van der Waals surface area contributed by atoms with Gasteiger partial charge in [-0.25, -0.2) is 9.59 Å². The van der Waals surface area contributed by atoms with Crippen molar-refractivity contribution in [2.45, 2.75) is 122 Å². The lowest BCUT2D eigenvalue weighted by molar-refractivity contribution is -0.143. The zero-order valence-corrected chi connectivity index (χ0v) is 22.8. The summed E-state index contributed by atoms with van der Waals surface area (Å²) < 4.78 is 5.41. The summed E-state index contributed by atoms with van der Waals surface area (Å²) in [6.45, 7) is 5.61. The third-order valence-corrected chi connectivity index (χ3v) is 6.74. The second-order valence-corrected chi connectivity index (χ2v) is 11.4. The molecule has 0 aliphatic carbocycles. The standard InChI is InChI=1S/C27H43NO7S/c1-27(2,3)35-26(34)22-18-16-20(36-22)14-12-10-8-6-4-5-7-9-11-13-15-23(29)28-21(25(32)33)17-19-24(30)31/h16,18,21H,4-15,17,19H2,1-3H3,(H,28,29)(H,30,31)(H,32,33)/t21-/m0/s1. The fourth-order valence-corrected chi connectivity index (χ4v) is 4.67. The van der Waals surface area contributed by atoms with Crippen LogP contribution in [0.4, 0.5) is 0 Å². The molecular weight excluding hydrogens is 482 g/mol. The Morgan fingerprint density at radius 1 is 0.861 bits per heavy atom. The fraction of sp³-hybridized carbons (Fsp3) is 0.704. The van der Waals surface area contributed by atoms with Crippen molar-refractivity contribution in [1.82, 2.24) is 5.32 Å². The minimum absolute atomic E-state index is 0.112. The molecule has 0 aliphatic rings. The Hall–Kier alpha value is -2.42. The fourth-order valence-electron chi connectivity index (χ4n) is 3.74. The number of aryl methyl sites for hydroxylation is 1. The Labute approximate surface area is 218 Å². The van der Waals surface area contributed by atoms with Crippen LogP contribution in [0.5, 0.6) is 0 Å². The maximum Gasteiger partial charge on any atom is 0.348 e. The van der Waals surface area contributed by atoms with Crippen molar-refractivity contribution < 1.29 is 34.1 Å². The molecule has 204 valence electrons. The molecule has 0 aliphatic heterocycles. The lowest BCUT2D eigenvalue weighted by atomic mass is 10.0. The Bertz CT molecular complexity index is 828. The number of carbonyl (C=O) groups is 4. The van der Waals surface area contributed by atoms with E-state index in [2.05, 4.69) is 5.32 Å². The van der Waals surface area contributed by atoms with Crippen LogP contribution in [0, 0.1) is 0 Å². The van der Waals surface area contributed by atoms with Crippen LogP contribution in [0.2, 0.25) is 0 Å². The van der Waals surface area contributed by atoms with Crippen LogP contribution in [-0.4, -0.2) is 45.7 Å². The summed E-state index contributed by atoms with van der Waals surface area (Å²) >= 11 is 1.52. The molecule has 0 spiro atoms. The number of aliphatic carboxylic acids is 2. The van der Waals surface area contributed by atoms with Gasteiger partial charge >= 0.3 is 17.9 Å². The van der Waals surface area contributed by atoms with Crippen LogP contribution < -0.4 is 5.32 Å². The lowest BCUT2D eigenvalue weighted by Crippen LogP contribution is -2.41. The summed E-state index contributed by atoms with van der Waals surface area (Å²) in [7, 11) is 0. The lowest BCUT2D eigenvalue weighted by Gasteiger charge is -2.18. The largest absolute Gasteiger partial charge is 0.481 e. The van der Waals surface area contributed by atoms with E-state index in [-0.39, 0.29) is 31.1 Å². The average molecular weight is 526 g/mol. The van der Waals surface area contributed by atoms with Crippen LogP contribution in [-0.2, 0) is 25.5 Å². The third kappa shape index (κ3) is 15.5. The van der Waals surface area contributed by atoms with Crippen molar-refractivity contribution in [3.05, 3.63) is 21.9 Å². The van der Waals surface area contributed by atoms with E-state index in [1.165, 1.54) is 48.3 Å². The number of ether oxygens (including phenoxy) is 1.